The Hall–Kier alpha value is -3.04. The van der Waals surface area contributed by atoms with Crippen molar-refractivity contribution < 1.29 is 28.6 Å². The SMILES string of the molecule is COc1cc(/C=C/C(=O)OCC(=O)NC(=O)NCCc2cccs2)cc(Cl)c1OC. The third-order valence-corrected chi connectivity index (χ3v) is 4.92. The molecule has 160 valence electrons. The highest BCUT2D eigenvalue weighted by Crippen LogP contribution is 2.36. The van der Waals surface area contributed by atoms with Crippen LogP contribution in [-0.2, 0) is 20.7 Å². The number of esters is 1. The highest BCUT2D eigenvalue weighted by atomic mass is 35.5. The predicted molar refractivity (Wildman–Crippen MR) is 114 cm³/mol. The van der Waals surface area contributed by atoms with Crippen molar-refractivity contribution in [2.45, 2.75) is 6.42 Å². The number of thiophene rings is 1. The first-order valence-corrected chi connectivity index (χ1v) is 10.0. The van der Waals surface area contributed by atoms with E-state index in [9.17, 15) is 14.4 Å². The molecule has 0 aliphatic heterocycles. The summed E-state index contributed by atoms with van der Waals surface area (Å²) in [5.74, 6) is -0.708. The van der Waals surface area contributed by atoms with Crippen LogP contribution in [0.5, 0.6) is 11.5 Å². The van der Waals surface area contributed by atoms with Gasteiger partial charge in [0.15, 0.2) is 18.1 Å². The number of methoxy groups -OCH3 is 2. The van der Waals surface area contributed by atoms with Gasteiger partial charge < -0.3 is 19.5 Å². The zero-order valence-corrected chi connectivity index (χ0v) is 18.0. The van der Waals surface area contributed by atoms with E-state index in [0.717, 1.165) is 11.0 Å². The van der Waals surface area contributed by atoms with Gasteiger partial charge >= 0.3 is 12.0 Å². The molecule has 1 heterocycles. The summed E-state index contributed by atoms with van der Waals surface area (Å²) >= 11 is 7.68. The van der Waals surface area contributed by atoms with Crippen LogP contribution in [0, 0.1) is 0 Å². The second-order valence-electron chi connectivity index (χ2n) is 5.81. The minimum atomic E-state index is -0.755. The fraction of sp³-hybridized carbons (Fsp3) is 0.250. The van der Waals surface area contributed by atoms with Crippen molar-refractivity contribution in [3.8, 4) is 11.5 Å². The van der Waals surface area contributed by atoms with Gasteiger partial charge in [-0.25, -0.2) is 9.59 Å². The van der Waals surface area contributed by atoms with E-state index in [0.29, 0.717) is 35.1 Å². The van der Waals surface area contributed by atoms with Crippen LogP contribution in [0.25, 0.3) is 6.08 Å². The lowest BCUT2D eigenvalue weighted by molar-refractivity contribution is -0.143. The summed E-state index contributed by atoms with van der Waals surface area (Å²) in [6.07, 6.45) is 3.25. The molecule has 0 fully saturated rings. The number of ether oxygens (including phenoxy) is 3. The minimum absolute atomic E-state index is 0.314. The molecule has 1 aromatic carbocycles. The number of halogens is 1. The smallest absolute Gasteiger partial charge is 0.331 e. The number of carbonyl (C=O) groups is 3. The second kappa shape index (κ2) is 11.8. The van der Waals surface area contributed by atoms with E-state index in [1.807, 2.05) is 17.5 Å². The van der Waals surface area contributed by atoms with Crippen molar-refractivity contribution >= 4 is 46.9 Å². The molecule has 0 spiro atoms. The molecule has 0 saturated heterocycles. The summed E-state index contributed by atoms with van der Waals surface area (Å²) < 4.78 is 15.1. The molecule has 0 bridgehead atoms. The van der Waals surface area contributed by atoms with E-state index >= 15 is 0 Å². The molecule has 2 N–H and O–H groups in total. The molecule has 0 saturated carbocycles. The average Bonchev–Trinajstić information content (AvgIpc) is 3.23. The van der Waals surface area contributed by atoms with Crippen molar-refractivity contribution in [1.82, 2.24) is 10.6 Å². The molecule has 10 heteroatoms. The minimum Gasteiger partial charge on any atom is -0.493 e. The highest BCUT2D eigenvalue weighted by molar-refractivity contribution is 7.09. The fourth-order valence-electron chi connectivity index (χ4n) is 2.34. The van der Waals surface area contributed by atoms with E-state index in [2.05, 4.69) is 10.6 Å². The summed E-state index contributed by atoms with van der Waals surface area (Å²) in [5, 5.41) is 6.91. The molecule has 30 heavy (non-hydrogen) atoms. The van der Waals surface area contributed by atoms with Crippen molar-refractivity contribution in [1.29, 1.82) is 0 Å². The average molecular weight is 453 g/mol. The standard InChI is InChI=1S/C20H21ClN2O6S/c1-27-16-11-13(10-15(21)19(16)28-2)5-6-18(25)29-12-17(24)23-20(26)22-8-7-14-4-3-9-30-14/h3-6,9-11H,7-8,12H2,1-2H3,(H2,22,23,24,26)/b6-5+. The van der Waals surface area contributed by atoms with Crippen molar-refractivity contribution in [3.05, 3.63) is 51.2 Å². The molecule has 0 unspecified atom stereocenters. The van der Waals surface area contributed by atoms with E-state index in [1.165, 1.54) is 20.3 Å². The van der Waals surface area contributed by atoms with E-state index in [4.69, 9.17) is 25.8 Å². The molecular formula is C20H21ClN2O6S. The summed E-state index contributed by atoms with van der Waals surface area (Å²) in [6.45, 7) is -0.204. The molecule has 2 rings (SSSR count). The highest BCUT2D eigenvalue weighted by Gasteiger charge is 2.11. The summed E-state index contributed by atoms with van der Waals surface area (Å²) in [7, 11) is 2.93. The van der Waals surface area contributed by atoms with Gasteiger partial charge in [0, 0.05) is 17.5 Å². The van der Waals surface area contributed by atoms with Crippen LogP contribution in [0.1, 0.15) is 10.4 Å². The maximum absolute atomic E-state index is 11.8. The Balaban J connectivity index is 1.75. The number of imide groups is 1. The normalized spacial score (nSPS) is 10.5. The third-order valence-electron chi connectivity index (χ3n) is 3.70. The van der Waals surface area contributed by atoms with Crippen molar-refractivity contribution in [2.75, 3.05) is 27.4 Å². The van der Waals surface area contributed by atoms with Gasteiger partial charge in [-0.2, -0.15) is 0 Å². The van der Waals surface area contributed by atoms with E-state index in [1.54, 1.807) is 23.5 Å². The number of carbonyl (C=O) groups excluding carboxylic acids is 3. The first-order valence-electron chi connectivity index (χ1n) is 8.79. The third kappa shape index (κ3) is 7.41. The monoisotopic (exact) mass is 452 g/mol. The van der Waals surface area contributed by atoms with E-state index < -0.39 is 24.5 Å². The summed E-state index contributed by atoms with van der Waals surface area (Å²) in [5.41, 5.74) is 0.573. The first-order chi connectivity index (χ1) is 14.4. The van der Waals surface area contributed by atoms with E-state index in [-0.39, 0.29) is 0 Å². The fourth-order valence-corrected chi connectivity index (χ4v) is 3.35. The van der Waals surface area contributed by atoms with Crippen LogP contribution in [-0.4, -0.2) is 45.3 Å². The zero-order chi connectivity index (χ0) is 21.9. The topological polar surface area (TPSA) is 103 Å². The van der Waals surface area contributed by atoms with Crippen LogP contribution in [0.15, 0.2) is 35.7 Å². The molecular weight excluding hydrogens is 432 g/mol. The number of rotatable bonds is 9. The van der Waals surface area contributed by atoms with Gasteiger partial charge in [-0.1, -0.05) is 17.7 Å². The Bertz CT molecular complexity index is 914. The number of hydrogen-bond donors (Lipinski definition) is 2. The maximum Gasteiger partial charge on any atom is 0.331 e. The Kier molecular flexibility index (Phi) is 9.17. The first kappa shape index (κ1) is 23.2. The Morgan fingerprint density at radius 3 is 2.67 bits per heavy atom. The van der Waals surface area contributed by atoms with Gasteiger partial charge in [0.25, 0.3) is 5.91 Å². The molecule has 0 aliphatic carbocycles. The second-order valence-corrected chi connectivity index (χ2v) is 7.25. The molecule has 2 aromatic rings. The largest absolute Gasteiger partial charge is 0.493 e. The van der Waals surface area contributed by atoms with Gasteiger partial charge in [0.2, 0.25) is 0 Å². The van der Waals surface area contributed by atoms with Crippen LogP contribution in [0.2, 0.25) is 5.02 Å². The Labute approximate surface area is 182 Å². The molecule has 8 nitrogen and oxygen atoms in total. The number of benzene rings is 1. The van der Waals surface area contributed by atoms with Gasteiger partial charge in [0.05, 0.1) is 19.2 Å². The lowest BCUT2D eigenvalue weighted by Gasteiger charge is -2.10. The molecule has 1 aromatic heterocycles. The van der Waals surface area contributed by atoms with Crippen molar-refractivity contribution in [2.24, 2.45) is 0 Å². The zero-order valence-electron chi connectivity index (χ0n) is 16.4. The predicted octanol–water partition coefficient (Wildman–Crippen LogP) is 3.04. The maximum atomic E-state index is 11.8. The Morgan fingerprint density at radius 1 is 1.20 bits per heavy atom. The van der Waals surface area contributed by atoms with Gasteiger partial charge in [-0.15, -0.1) is 11.3 Å². The molecule has 0 aliphatic rings. The van der Waals surface area contributed by atoms with Crippen molar-refractivity contribution in [3.63, 3.8) is 0 Å². The van der Waals surface area contributed by atoms with Gasteiger partial charge in [0.1, 0.15) is 0 Å². The number of hydrogen-bond acceptors (Lipinski definition) is 7. The lowest BCUT2D eigenvalue weighted by Crippen LogP contribution is -2.42. The van der Waals surface area contributed by atoms with Crippen LogP contribution >= 0.6 is 22.9 Å². The summed E-state index contributed by atoms with van der Waals surface area (Å²) in [6, 6.07) is 6.44. The quantitative estimate of drug-likeness (QED) is 0.447. The van der Waals surface area contributed by atoms with Crippen LogP contribution < -0.4 is 20.1 Å². The van der Waals surface area contributed by atoms with Gasteiger partial charge in [-0.05, 0) is 41.6 Å². The van der Waals surface area contributed by atoms with Crippen LogP contribution in [0.3, 0.4) is 0 Å². The molecule has 3 amide bonds. The lowest BCUT2D eigenvalue weighted by atomic mass is 10.2. The number of nitrogens with one attached hydrogen (secondary N) is 2. The van der Waals surface area contributed by atoms with Gasteiger partial charge in [-0.3, -0.25) is 10.1 Å². The van der Waals surface area contributed by atoms with Crippen LogP contribution in [0.4, 0.5) is 4.79 Å². The Morgan fingerprint density at radius 2 is 2.00 bits per heavy atom. The summed E-state index contributed by atoms with van der Waals surface area (Å²) in [4.78, 5) is 36.3. The number of urea groups is 1. The molecule has 0 atom stereocenters. The number of amides is 3. The molecule has 0 radical (unpaired) electrons.